The maximum atomic E-state index is 15.9. The largest absolute Gasteiger partial charge is 0.463 e. The van der Waals surface area contributed by atoms with E-state index in [2.05, 4.69) is 31.2 Å². The van der Waals surface area contributed by atoms with Gasteiger partial charge in [-0.2, -0.15) is 0 Å². The molecule has 6 bridgehead atoms. The Kier molecular flexibility index (Phi) is 17.5. The molecule has 12 atom stereocenters. The zero-order valence-electron chi connectivity index (χ0n) is 51.0. The highest BCUT2D eigenvalue weighted by atomic mass is 32.2. The molecule has 7 saturated carbocycles. The number of hydrogen-bond donors (Lipinski definition) is 2. The second-order valence-corrected chi connectivity index (χ2v) is 31.4. The highest BCUT2D eigenvalue weighted by Gasteiger charge is 2.62. The summed E-state index contributed by atoms with van der Waals surface area (Å²) in [7, 11) is -0.447. The molecule has 2 N–H and O–H groups in total. The van der Waals surface area contributed by atoms with Crippen molar-refractivity contribution in [1.29, 1.82) is 0 Å². The number of cyclic esters (lactones) is 1. The van der Waals surface area contributed by atoms with Crippen molar-refractivity contribution in [2.24, 2.45) is 63.6 Å². The van der Waals surface area contributed by atoms with Gasteiger partial charge in [0.1, 0.15) is 22.6 Å². The summed E-state index contributed by atoms with van der Waals surface area (Å²) in [5, 5.41) is 23.7. The van der Waals surface area contributed by atoms with Gasteiger partial charge in [0.05, 0.1) is 57.8 Å². The number of ether oxygens (including phenoxy) is 6. The number of esters is 6. The van der Waals surface area contributed by atoms with Crippen LogP contribution in [-0.4, -0.2) is 87.2 Å². The van der Waals surface area contributed by atoms with Gasteiger partial charge in [-0.1, -0.05) is 43.3 Å². The number of aliphatic hydroxyl groups excluding tert-OH is 1. The molecule has 11 rings (SSSR count). The standard InChI is InChI=1S/C69H91O14S/c1-43-46-31-53(54(32-46)55(70)34-57(71)81-63(2,3)4)52(43)33-47(58(72)82-67(9)27-16-17-28-67)39-65(7,61(75)80-56-26-29-78-59(56)73)41-66(8,62(76)83-69-37-44-30-45(38-69)36-68(77,35-44)42-69)40-64(5,6)60(74)79-48-22-24-51(25-23-48)84(49-18-12-10-13-19-49)50-20-14-11-15-21-50/h10-15,18-25,43-47,52-56,70,77H,16-17,26-42H2,1-9H3/q+1. The quantitative estimate of drug-likeness (QED) is 0.0417. The van der Waals surface area contributed by atoms with Gasteiger partial charge < -0.3 is 38.6 Å². The van der Waals surface area contributed by atoms with Crippen LogP contribution >= 0.6 is 0 Å². The van der Waals surface area contributed by atoms with Crippen molar-refractivity contribution < 1.29 is 67.4 Å². The maximum Gasteiger partial charge on any atom is 0.347 e. The van der Waals surface area contributed by atoms with Crippen LogP contribution in [0.2, 0.25) is 0 Å². The Hall–Kier alpha value is -5.25. The molecular weight excluding hydrogens is 1080 g/mol. The second kappa shape index (κ2) is 23.8. The number of carbonyl (C=O) groups excluding carboxylic acids is 6. The molecule has 12 unspecified atom stereocenters. The number of benzene rings is 3. The van der Waals surface area contributed by atoms with Crippen LogP contribution in [0.4, 0.5) is 0 Å². The molecule has 3 aromatic rings. The Morgan fingerprint density at radius 2 is 1.35 bits per heavy atom. The normalized spacial score (nSPS) is 30.6. The van der Waals surface area contributed by atoms with E-state index in [-0.39, 0.29) is 86.6 Å². The molecule has 456 valence electrons. The van der Waals surface area contributed by atoms with Gasteiger partial charge in [-0.15, -0.1) is 0 Å². The van der Waals surface area contributed by atoms with Gasteiger partial charge in [0, 0.05) is 12.8 Å². The van der Waals surface area contributed by atoms with E-state index in [0.717, 1.165) is 46.8 Å². The van der Waals surface area contributed by atoms with Crippen LogP contribution < -0.4 is 4.74 Å². The van der Waals surface area contributed by atoms with Crippen LogP contribution in [-0.2, 0) is 63.3 Å². The van der Waals surface area contributed by atoms with Gasteiger partial charge in [-0.3, -0.25) is 24.0 Å². The third-order valence-corrected chi connectivity index (χ3v) is 22.6. The van der Waals surface area contributed by atoms with Crippen molar-refractivity contribution in [3.8, 4) is 5.75 Å². The lowest BCUT2D eigenvalue weighted by molar-refractivity contribution is -0.228. The Balaban J connectivity index is 0.979. The smallest absolute Gasteiger partial charge is 0.347 e. The van der Waals surface area contributed by atoms with E-state index in [1.807, 2.05) is 55.5 Å². The van der Waals surface area contributed by atoms with Crippen molar-refractivity contribution in [3.63, 3.8) is 0 Å². The Morgan fingerprint density at radius 3 is 1.90 bits per heavy atom. The number of rotatable bonds is 22. The average Bonchev–Trinajstić information content (AvgIpc) is 0.992. The second-order valence-electron chi connectivity index (χ2n) is 29.4. The fraction of sp³-hybridized carbons (Fsp3) is 0.652. The molecule has 0 aromatic heterocycles. The van der Waals surface area contributed by atoms with Gasteiger partial charge in [-0.05, 0) is 242 Å². The van der Waals surface area contributed by atoms with Gasteiger partial charge in [0.25, 0.3) is 0 Å². The molecule has 14 nitrogen and oxygen atoms in total. The van der Waals surface area contributed by atoms with Crippen LogP contribution in [0, 0.1) is 63.6 Å². The molecule has 1 heterocycles. The summed E-state index contributed by atoms with van der Waals surface area (Å²) in [6, 6.07) is 28.0. The Morgan fingerprint density at radius 1 is 0.738 bits per heavy atom. The molecule has 8 aliphatic rings. The molecule has 7 aliphatic carbocycles. The lowest BCUT2D eigenvalue weighted by Crippen LogP contribution is -2.61. The number of aliphatic hydroxyl groups is 2. The number of hydrogen-bond acceptors (Lipinski definition) is 14. The van der Waals surface area contributed by atoms with Gasteiger partial charge in [0.2, 0.25) is 6.10 Å². The van der Waals surface area contributed by atoms with Crippen molar-refractivity contribution in [2.75, 3.05) is 6.61 Å². The summed E-state index contributed by atoms with van der Waals surface area (Å²) in [6.07, 6.45) is 5.95. The van der Waals surface area contributed by atoms with Crippen molar-refractivity contribution in [1.82, 2.24) is 0 Å². The highest BCUT2D eigenvalue weighted by Crippen LogP contribution is 2.61. The lowest BCUT2D eigenvalue weighted by Gasteiger charge is -2.59. The monoisotopic (exact) mass is 1180 g/mol. The molecule has 0 radical (unpaired) electrons. The summed E-state index contributed by atoms with van der Waals surface area (Å²) in [5.41, 5.74) is -8.12. The van der Waals surface area contributed by atoms with E-state index in [1.54, 1.807) is 60.6 Å². The van der Waals surface area contributed by atoms with Gasteiger partial charge in [-0.25, -0.2) is 4.79 Å². The van der Waals surface area contributed by atoms with E-state index >= 15 is 14.4 Å². The van der Waals surface area contributed by atoms with E-state index in [0.29, 0.717) is 50.7 Å². The third-order valence-electron chi connectivity index (χ3n) is 20.4. The minimum Gasteiger partial charge on any atom is -0.463 e. The topological polar surface area (TPSA) is 198 Å². The molecule has 3 aromatic carbocycles. The van der Waals surface area contributed by atoms with E-state index < -0.39 is 103 Å². The fourth-order valence-corrected chi connectivity index (χ4v) is 19.3. The predicted molar refractivity (Wildman–Crippen MR) is 315 cm³/mol. The minimum atomic E-state index is -1.70. The van der Waals surface area contributed by atoms with Crippen molar-refractivity contribution in [3.05, 3.63) is 84.9 Å². The zero-order chi connectivity index (χ0) is 60.2. The number of carbonyl (C=O) groups is 6. The van der Waals surface area contributed by atoms with Crippen LogP contribution in [0.3, 0.4) is 0 Å². The van der Waals surface area contributed by atoms with Gasteiger partial charge in [0.15, 0.2) is 14.7 Å². The molecule has 84 heavy (non-hydrogen) atoms. The molecular formula is C69H91O14S+. The lowest BCUT2D eigenvalue weighted by atomic mass is 9.52. The molecule has 1 aliphatic heterocycles. The van der Waals surface area contributed by atoms with Crippen LogP contribution in [0.25, 0.3) is 0 Å². The van der Waals surface area contributed by atoms with E-state index in [4.69, 9.17) is 28.4 Å². The SMILES string of the molecule is CC1C2CC(C(O)CC(=O)OC(C)(C)C)C(C2)C1CC(CC(C)(CC(C)(CC(C)(C)C(=O)Oc1ccc([S+](c2ccccc2)c2ccccc2)cc1)C(=O)OC12CC3CC(CC(O)(C3)C1)C2)C(=O)OC1CCOC1=O)C(=O)OC1(C)CCCC1. The van der Waals surface area contributed by atoms with Crippen LogP contribution in [0.1, 0.15) is 178 Å². The Labute approximate surface area is 499 Å². The van der Waals surface area contributed by atoms with Crippen LogP contribution in [0.15, 0.2) is 99.6 Å². The fourth-order valence-electron chi connectivity index (χ4n) is 17.2. The Bertz CT molecular complexity index is 2840. The molecule has 1 saturated heterocycles. The van der Waals surface area contributed by atoms with Crippen molar-refractivity contribution >= 4 is 46.7 Å². The summed E-state index contributed by atoms with van der Waals surface area (Å²) >= 11 is 0. The van der Waals surface area contributed by atoms with E-state index in [1.165, 1.54) is 0 Å². The zero-order valence-corrected chi connectivity index (χ0v) is 51.8. The summed E-state index contributed by atoms with van der Waals surface area (Å²) < 4.78 is 36.8. The number of fused-ring (bicyclic) bond motifs is 2. The highest BCUT2D eigenvalue weighted by molar-refractivity contribution is 7.97. The third kappa shape index (κ3) is 13.6. The molecule has 15 heteroatoms. The summed E-state index contributed by atoms with van der Waals surface area (Å²) in [4.78, 5) is 91.1. The average molecular weight is 1180 g/mol. The first-order chi connectivity index (χ1) is 39.5. The molecule has 8 fully saturated rings. The van der Waals surface area contributed by atoms with Gasteiger partial charge >= 0.3 is 35.8 Å². The van der Waals surface area contributed by atoms with E-state index in [9.17, 15) is 24.6 Å². The van der Waals surface area contributed by atoms with Crippen LogP contribution in [0.5, 0.6) is 5.75 Å². The summed E-state index contributed by atoms with van der Waals surface area (Å²) in [6.45, 7) is 16.4. The predicted octanol–water partition coefficient (Wildman–Crippen LogP) is 12.3. The molecule has 0 amide bonds. The first-order valence-corrected chi connectivity index (χ1v) is 32.4. The first-order valence-electron chi connectivity index (χ1n) is 31.2. The first kappa shape index (κ1) is 61.8. The summed E-state index contributed by atoms with van der Waals surface area (Å²) in [5.74, 6) is -3.93. The minimum absolute atomic E-state index is 0.0424. The maximum absolute atomic E-state index is 15.9. The van der Waals surface area contributed by atoms with Crippen molar-refractivity contribution in [2.45, 2.75) is 227 Å². The molecule has 0 spiro atoms.